The molecule has 116 valence electrons. The Morgan fingerprint density at radius 3 is 2.64 bits per heavy atom. The highest BCUT2D eigenvalue weighted by Crippen LogP contribution is 2.42. The summed E-state index contributed by atoms with van der Waals surface area (Å²) < 4.78 is 37.9. The van der Waals surface area contributed by atoms with Gasteiger partial charge in [-0.3, -0.25) is 0 Å². The lowest BCUT2D eigenvalue weighted by molar-refractivity contribution is 0.0566. The molecular weight excluding hydrogens is 319 g/mol. The highest BCUT2D eigenvalue weighted by atomic mass is 35.5. The Bertz CT molecular complexity index is 767. The van der Waals surface area contributed by atoms with Gasteiger partial charge < -0.3 is 0 Å². The maximum atomic E-state index is 13.2. The van der Waals surface area contributed by atoms with Gasteiger partial charge in [-0.05, 0) is 30.9 Å². The number of rotatable bonds is 2. The van der Waals surface area contributed by atoms with Crippen molar-refractivity contribution in [3.63, 3.8) is 0 Å². The molecule has 0 radical (unpaired) electrons. The van der Waals surface area contributed by atoms with Crippen molar-refractivity contribution in [2.24, 2.45) is 0 Å². The fraction of sp³-hybridized carbons (Fsp3) is 0.308. The van der Waals surface area contributed by atoms with Gasteiger partial charge in [0.2, 0.25) is 5.95 Å². The van der Waals surface area contributed by atoms with Crippen LogP contribution in [0.25, 0.3) is 5.65 Å². The van der Waals surface area contributed by atoms with E-state index in [1.54, 1.807) is 6.07 Å². The van der Waals surface area contributed by atoms with E-state index in [2.05, 4.69) is 15.2 Å². The van der Waals surface area contributed by atoms with E-state index in [1.165, 1.54) is 24.7 Å². The molecule has 1 fully saturated rings. The minimum atomic E-state index is -2.51. The highest BCUT2D eigenvalue weighted by Gasteiger charge is 2.27. The first-order valence-electron chi connectivity index (χ1n) is 6.53. The molecule has 5 nitrogen and oxygen atoms in total. The summed E-state index contributed by atoms with van der Waals surface area (Å²) in [5.74, 6) is 0.0178. The molecule has 0 amide bonds. The monoisotopic (exact) mass is 329 g/mol. The van der Waals surface area contributed by atoms with Crippen molar-refractivity contribution >= 4 is 17.2 Å². The summed E-state index contributed by atoms with van der Waals surface area (Å²) in [6, 6.07) is 3.23. The van der Waals surface area contributed by atoms with Crippen molar-refractivity contribution in [3.8, 4) is 0 Å². The smallest absolute Gasteiger partial charge is 0.232 e. The number of alkyl halides is 2. The van der Waals surface area contributed by atoms with Crippen LogP contribution in [0.4, 0.5) is 13.2 Å². The second-order valence-electron chi connectivity index (χ2n) is 4.78. The average molecular weight is 330 g/mol. The molecule has 0 saturated heterocycles. The van der Waals surface area contributed by atoms with Crippen LogP contribution in [0.15, 0.2) is 30.7 Å². The summed E-state index contributed by atoms with van der Waals surface area (Å²) in [5.41, 5.74) is 1.60. The van der Waals surface area contributed by atoms with Crippen LogP contribution < -0.4 is 0 Å². The normalized spacial score (nSPS) is 14.2. The molecule has 1 aliphatic rings. The zero-order valence-electron chi connectivity index (χ0n) is 11.2. The van der Waals surface area contributed by atoms with Gasteiger partial charge in [0.1, 0.15) is 0 Å². The number of hydrogen-bond acceptors (Lipinski definition) is 3. The van der Waals surface area contributed by atoms with Crippen molar-refractivity contribution < 1.29 is 13.2 Å². The number of imidazole rings is 1. The summed E-state index contributed by atoms with van der Waals surface area (Å²) >= 11 is 5.80. The van der Waals surface area contributed by atoms with Crippen LogP contribution in [0, 0.1) is 5.95 Å². The maximum Gasteiger partial charge on any atom is 0.333 e. The minimum Gasteiger partial charge on any atom is -0.232 e. The van der Waals surface area contributed by atoms with E-state index in [-0.39, 0.29) is 0 Å². The van der Waals surface area contributed by atoms with Crippen LogP contribution in [0.1, 0.15) is 30.9 Å². The van der Waals surface area contributed by atoms with Crippen LogP contribution in [-0.2, 0) is 0 Å². The van der Waals surface area contributed by atoms with Gasteiger partial charge in [-0.1, -0.05) is 11.6 Å². The first-order valence-corrected chi connectivity index (χ1v) is 6.91. The summed E-state index contributed by atoms with van der Waals surface area (Å²) in [6.45, 7) is -2.51. The fourth-order valence-electron chi connectivity index (χ4n) is 2.03. The number of aromatic nitrogens is 5. The molecule has 1 aliphatic carbocycles. The summed E-state index contributed by atoms with van der Waals surface area (Å²) in [6.07, 6.45) is 5.95. The van der Waals surface area contributed by atoms with E-state index in [9.17, 15) is 13.2 Å². The second kappa shape index (κ2) is 5.96. The molecule has 3 aromatic heterocycles. The largest absolute Gasteiger partial charge is 0.333 e. The second-order valence-corrected chi connectivity index (χ2v) is 5.16. The van der Waals surface area contributed by atoms with Crippen molar-refractivity contribution in [1.29, 1.82) is 0 Å². The number of fused-ring (bicyclic) bond motifs is 1. The first-order chi connectivity index (χ1) is 10.6. The van der Waals surface area contributed by atoms with Crippen LogP contribution in [0.5, 0.6) is 0 Å². The van der Waals surface area contributed by atoms with Crippen molar-refractivity contribution in [3.05, 3.63) is 47.4 Å². The molecule has 1 saturated carbocycles. The molecule has 0 atom stereocenters. The van der Waals surface area contributed by atoms with Gasteiger partial charge >= 0.3 is 6.55 Å². The predicted molar refractivity (Wildman–Crippen MR) is 73.4 cm³/mol. The van der Waals surface area contributed by atoms with Gasteiger partial charge in [-0.15, -0.1) is 0 Å². The molecular formula is C13H11ClF3N5. The zero-order chi connectivity index (χ0) is 15.7. The summed E-state index contributed by atoms with van der Waals surface area (Å²) in [5, 5.41) is 7.45. The summed E-state index contributed by atoms with van der Waals surface area (Å²) in [7, 11) is 0. The third kappa shape index (κ3) is 3.06. The van der Waals surface area contributed by atoms with Crippen LogP contribution in [0.2, 0.25) is 5.15 Å². The van der Waals surface area contributed by atoms with E-state index < -0.39 is 12.5 Å². The van der Waals surface area contributed by atoms with E-state index in [0.29, 0.717) is 21.4 Å². The Hall–Kier alpha value is -2.09. The molecule has 0 bridgehead atoms. The van der Waals surface area contributed by atoms with Crippen LogP contribution >= 0.6 is 11.6 Å². The van der Waals surface area contributed by atoms with Crippen LogP contribution in [0.3, 0.4) is 0 Å². The van der Waals surface area contributed by atoms with E-state index in [0.717, 1.165) is 22.9 Å². The molecule has 0 unspecified atom stereocenters. The topological polar surface area (TPSA) is 48.0 Å². The molecule has 3 heterocycles. The van der Waals surface area contributed by atoms with Crippen LogP contribution in [-0.4, -0.2) is 24.4 Å². The predicted octanol–water partition coefficient (Wildman–Crippen LogP) is 3.68. The lowest BCUT2D eigenvalue weighted by atomic mass is 10.2. The number of hydrogen-bond donors (Lipinski definition) is 0. The fourth-order valence-corrected chi connectivity index (χ4v) is 2.22. The van der Waals surface area contributed by atoms with Crippen molar-refractivity contribution in [2.75, 3.05) is 0 Å². The van der Waals surface area contributed by atoms with Gasteiger partial charge in [0.15, 0.2) is 10.8 Å². The molecule has 9 heteroatoms. The van der Waals surface area contributed by atoms with Crippen molar-refractivity contribution in [2.45, 2.75) is 25.3 Å². The number of halogens is 4. The average Bonchev–Trinajstić information content (AvgIpc) is 3.04. The molecule has 4 rings (SSSR count). The van der Waals surface area contributed by atoms with E-state index in [4.69, 9.17) is 11.6 Å². The Morgan fingerprint density at radius 1 is 1.32 bits per heavy atom. The zero-order valence-corrected chi connectivity index (χ0v) is 12.0. The molecule has 22 heavy (non-hydrogen) atoms. The van der Waals surface area contributed by atoms with E-state index in [1.807, 2.05) is 0 Å². The third-order valence-electron chi connectivity index (χ3n) is 3.17. The quantitative estimate of drug-likeness (QED) is 0.720. The van der Waals surface area contributed by atoms with Gasteiger partial charge in [-0.25, -0.2) is 9.67 Å². The Balaban J connectivity index is 0.000000154. The highest BCUT2D eigenvalue weighted by molar-refractivity contribution is 6.29. The lowest BCUT2D eigenvalue weighted by Crippen LogP contribution is -1.98. The Morgan fingerprint density at radius 2 is 2.09 bits per heavy atom. The molecule has 0 aromatic carbocycles. The van der Waals surface area contributed by atoms with Gasteiger partial charge in [0.25, 0.3) is 0 Å². The Labute approximate surface area is 128 Å². The minimum absolute atomic E-state index is 0.316. The van der Waals surface area contributed by atoms with Gasteiger partial charge in [-0.2, -0.15) is 27.9 Å². The van der Waals surface area contributed by atoms with Crippen molar-refractivity contribution in [1.82, 2.24) is 24.4 Å². The molecule has 0 spiro atoms. The maximum absolute atomic E-state index is 13.2. The molecule has 0 N–H and O–H groups in total. The third-order valence-corrected chi connectivity index (χ3v) is 3.35. The van der Waals surface area contributed by atoms with Gasteiger partial charge in [0, 0.05) is 18.0 Å². The SMILES string of the molecule is FC(F)n1cccn1.Fc1cnc2c(C3CC3)cc(Cl)nn12. The number of nitrogens with zero attached hydrogens (tertiary/aromatic N) is 5. The first kappa shape index (κ1) is 14.8. The van der Waals surface area contributed by atoms with E-state index >= 15 is 0 Å². The lowest BCUT2D eigenvalue weighted by Gasteiger charge is -2.01. The van der Waals surface area contributed by atoms with Gasteiger partial charge in [0.05, 0.1) is 6.20 Å². The summed E-state index contributed by atoms with van der Waals surface area (Å²) in [4.78, 5) is 3.99. The molecule has 0 aliphatic heterocycles. The Kier molecular flexibility index (Phi) is 4.02. The molecule has 3 aromatic rings. The standard InChI is InChI=1S/C9H7ClFN3.C4H4F2N2/c10-7-3-6(5-1-2-5)9-12-4-8(11)14(9)13-7;5-4(6)8-3-1-2-7-8/h3-5H,1-2H2;1-4H.